The fourth-order valence-corrected chi connectivity index (χ4v) is 2.09. The first-order valence-electron chi connectivity index (χ1n) is 6.94. The summed E-state index contributed by atoms with van der Waals surface area (Å²) < 4.78 is 11.6. The van der Waals surface area contributed by atoms with Crippen LogP contribution < -0.4 is 15.2 Å². The molecule has 3 heteroatoms. The Labute approximate surface area is 120 Å². The molecule has 2 N–H and O–H groups in total. The molecule has 2 aromatic rings. The Morgan fingerprint density at radius 1 is 1.00 bits per heavy atom. The molecule has 0 fully saturated rings. The third kappa shape index (κ3) is 3.52. The van der Waals surface area contributed by atoms with Crippen molar-refractivity contribution in [1.82, 2.24) is 0 Å². The lowest BCUT2D eigenvalue weighted by Gasteiger charge is -2.14. The van der Waals surface area contributed by atoms with E-state index >= 15 is 0 Å². The van der Waals surface area contributed by atoms with Gasteiger partial charge in [0.2, 0.25) is 0 Å². The Morgan fingerprint density at radius 3 is 2.45 bits per heavy atom. The van der Waals surface area contributed by atoms with E-state index in [0.717, 1.165) is 29.2 Å². The molecular weight excluding hydrogens is 250 g/mol. The normalized spacial score (nSPS) is 10.3. The summed E-state index contributed by atoms with van der Waals surface area (Å²) >= 11 is 0. The molecule has 0 heterocycles. The van der Waals surface area contributed by atoms with Crippen LogP contribution in [-0.2, 0) is 6.42 Å². The zero-order chi connectivity index (χ0) is 14.4. The van der Waals surface area contributed by atoms with Gasteiger partial charge in [-0.05, 0) is 50.6 Å². The lowest BCUT2D eigenvalue weighted by molar-refractivity contribution is 0.321. The largest absolute Gasteiger partial charge is 0.490 e. The highest BCUT2D eigenvalue weighted by atomic mass is 16.5. The van der Waals surface area contributed by atoms with Crippen molar-refractivity contribution < 1.29 is 9.47 Å². The van der Waals surface area contributed by atoms with E-state index in [1.165, 1.54) is 5.56 Å². The first-order valence-corrected chi connectivity index (χ1v) is 6.94. The lowest BCUT2D eigenvalue weighted by Crippen LogP contribution is -2.04. The van der Waals surface area contributed by atoms with Crippen molar-refractivity contribution >= 4 is 0 Å². The van der Waals surface area contributed by atoms with E-state index in [9.17, 15) is 0 Å². The molecule has 0 amide bonds. The molecule has 2 aromatic carbocycles. The van der Waals surface area contributed by atoms with Gasteiger partial charge in [-0.3, -0.25) is 0 Å². The molecule has 0 saturated heterocycles. The van der Waals surface area contributed by atoms with Crippen molar-refractivity contribution in [3.05, 3.63) is 53.6 Å². The Bertz CT molecular complexity index is 567. The van der Waals surface area contributed by atoms with E-state index in [1.54, 1.807) is 0 Å². The Kier molecular flexibility index (Phi) is 5.02. The summed E-state index contributed by atoms with van der Waals surface area (Å²) in [5.74, 6) is 2.33. The maximum atomic E-state index is 6.02. The topological polar surface area (TPSA) is 44.5 Å². The van der Waals surface area contributed by atoms with E-state index < -0.39 is 0 Å². The van der Waals surface area contributed by atoms with Gasteiger partial charge in [0.25, 0.3) is 0 Å². The van der Waals surface area contributed by atoms with E-state index in [4.69, 9.17) is 15.2 Å². The van der Waals surface area contributed by atoms with Gasteiger partial charge in [-0.25, -0.2) is 0 Å². The molecule has 0 bridgehead atoms. The average molecular weight is 271 g/mol. The average Bonchev–Trinajstić information content (AvgIpc) is 2.44. The molecule has 0 spiro atoms. The number of ether oxygens (including phenoxy) is 2. The summed E-state index contributed by atoms with van der Waals surface area (Å²) in [6.45, 7) is 5.25. The summed E-state index contributed by atoms with van der Waals surface area (Å²) in [5.41, 5.74) is 8.00. The number of hydrogen-bond donors (Lipinski definition) is 1. The summed E-state index contributed by atoms with van der Waals surface area (Å²) in [7, 11) is 0. The van der Waals surface area contributed by atoms with Crippen LogP contribution in [0.2, 0.25) is 0 Å². The third-order valence-electron chi connectivity index (χ3n) is 3.00. The van der Waals surface area contributed by atoms with Gasteiger partial charge in [-0.2, -0.15) is 0 Å². The van der Waals surface area contributed by atoms with Crippen LogP contribution in [0.25, 0.3) is 0 Å². The molecule has 0 radical (unpaired) electrons. The maximum Gasteiger partial charge on any atom is 0.169 e. The minimum atomic E-state index is 0.604. The number of rotatable bonds is 6. The summed E-state index contributed by atoms with van der Waals surface area (Å²) in [4.78, 5) is 0. The predicted molar refractivity (Wildman–Crippen MR) is 81.6 cm³/mol. The number of benzene rings is 2. The van der Waals surface area contributed by atoms with Crippen molar-refractivity contribution in [2.75, 3.05) is 13.2 Å². The molecule has 0 aromatic heterocycles. The van der Waals surface area contributed by atoms with Crippen LogP contribution in [0, 0.1) is 6.92 Å². The Balaban J connectivity index is 2.29. The summed E-state index contributed by atoms with van der Waals surface area (Å²) in [6, 6.07) is 13.8. The highest BCUT2D eigenvalue weighted by molar-refractivity contribution is 5.45. The molecule has 106 valence electrons. The molecule has 3 nitrogen and oxygen atoms in total. The van der Waals surface area contributed by atoms with Crippen LogP contribution in [0.4, 0.5) is 0 Å². The van der Waals surface area contributed by atoms with E-state index in [0.29, 0.717) is 13.2 Å². The monoisotopic (exact) mass is 271 g/mol. The molecule has 0 aliphatic heterocycles. The van der Waals surface area contributed by atoms with E-state index in [-0.39, 0.29) is 0 Å². The summed E-state index contributed by atoms with van der Waals surface area (Å²) in [5, 5.41) is 0. The van der Waals surface area contributed by atoms with Crippen molar-refractivity contribution in [3.63, 3.8) is 0 Å². The molecule has 0 aliphatic carbocycles. The SMILES string of the molecule is CCOc1ccccc1Oc1ccc(C)cc1CCN. The van der Waals surface area contributed by atoms with Gasteiger partial charge in [0.1, 0.15) is 5.75 Å². The lowest BCUT2D eigenvalue weighted by atomic mass is 10.1. The van der Waals surface area contributed by atoms with Gasteiger partial charge in [-0.1, -0.05) is 29.8 Å². The first-order chi connectivity index (χ1) is 9.74. The second kappa shape index (κ2) is 6.96. The van der Waals surface area contributed by atoms with Gasteiger partial charge >= 0.3 is 0 Å². The van der Waals surface area contributed by atoms with Crippen LogP contribution in [0.5, 0.6) is 17.2 Å². The molecule has 0 aliphatic rings. The standard InChI is InChI=1S/C17H21NO2/c1-3-19-16-6-4-5-7-17(16)20-15-9-8-13(2)12-14(15)10-11-18/h4-9,12H,3,10-11,18H2,1-2H3. The number of aryl methyl sites for hydroxylation is 1. The van der Waals surface area contributed by atoms with Gasteiger partial charge in [0.05, 0.1) is 6.61 Å². The maximum absolute atomic E-state index is 6.02. The van der Waals surface area contributed by atoms with Gasteiger partial charge in [0, 0.05) is 0 Å². The predicted octanol–water partition coefficient (Wildman–Crippen LogP) is 3.69. The quantitative estimate of drug-likeness (QED) is 0.871. The Morgan fingerprint density at radius 2 is 1.75 bits per heavy atom. The van der Waals surface area contributed by atoms with Crippen LogP contribution >= 0.6 is 0 Å². The number of para-hydroxylation sites is 2. The van der Waals surface area contributed by atoms with Crippen LogP contribution in [-0.4, -0.2) is 13.2 Å². The zero-order valence-corrected chi connectivity index (χ0v) is 12.1. The number of nitrogens with two attached hydrogens (primary N) is 1. The fourth-order valence-electron chi connectivity index (χ4n) is 2.09. The summed E-state index contributed by atoms with van der Waals surface area (Å²) in [6.07, 6.45) is 0.799. The fraction of sp³-hybridized carbons (Fsp3) is 0.294. The molecule has 0 unspecified atom stereocenters. The van der Waals surface area contributed by atoms with Crippen molar-refractivity contribution in [2.45, 2.75) is 20.3 Å². The Hall–Kier alpha value is -2.00. The van der Waals surface area contributed by atoms with Crippen LogP contribution in [0.15, 0.2) is 42.5 Å². The first kappa shape index (κ1) is 14.4. The minimum absolute atomic E-state index is 0.604. The molecule has 20 heavy (non-hydrogen) atoms. The highest BCUT2D eigenvalue weighted by Gasteiger charge is 2.09. The second-order valence-electron chi connectivity index (χ2n) is 4.63. The smallest absolute Gasteiger partial charge is 0.169 e. The second-order valence-corrected chi connectivity index (χ2v) is 4.63. The highest BCUT2D eigenvalue weighted by Crippen LogP contribution is 2.33. The van der Waals surface area contributed by atoms with Crippen LogP contribution in [0.3, 0.4) is 0 Å². The molecule has 0 saturated carbocycles. The van der Waals surface area contributed by atoms with Crippen molar-refractivity contribution in [2.24, 2.45) is 5.73 Å². The van der Waals surface area contributed by atoms with Crippen LogP contribution in [0.1, 0.15) is 18.1 Å². The minimum Gasteiger partial charge on any atom is -0.490 e. The molecule has 2 rings (SSSR count). The third-order valence-corrected chi connectivity index (χ3v) is 3.00. The van der Waals surface area contributed by atoms with Crippen molar-refractivity contribution in [3.8, 4) is 17.2 Å². The van der Waals surface area contributed by atoms with Gasteiger partial charge in [0.15, 0.2) is 11.5 Å². The van der Waals surface area contributed by atoms with E-state index in [2.05, 4.69) is 13.0 Å². The van der Waals surface area contributed by atoms with Gasteiger partial charge in [-0.15, -0.1) is 0 Å². The van der Waals surface area contributed by atoms with E-state index in [1.807, 2.05) is 43.3 Å². The number of hydrogen-bond acceptors (Lipinski definition) is 3. The zero-order valence-electron chi connectivity index (χ0n) is 12.1. The molecule has 0 atom stereocenters. The van der Waals surface area contributed by atoms with Crippen molar-refractivity contribution in [1.29, 1.82) is 0 Å². The van der Waals surface area contributed by atoms with Gasteiger partial charge < -0.3 is 15.2 Å². The molecular formula is C17H21NO2.